The molecule has 0 atom stereocenters. The molecular weight excluding hydrogens is 182 g/mol. The second-order valence-electron chi connectivity index (χ2n) is 2.33. The summed E-state index contributed by atoms with van der Waals surface area (Å²) in [6.45, 7) is -3.63. The Labute approximate surface area is 91.4 Å². The van der Waals surface area contributed by atoms with E-state index in [0.717, 1.165) is 0 Å². The number of rotatable bonds is 3. The molecule has 0 spiro atoms. The van der Waals surface area contributed by atoms with E-state index in [1.54, 1.807) is 0 Å². The number of carboxylic acid groups (broad SMARTS) is 1. The highest BCUT2D eigenvalue weighted by Gasteiger charge is 2.05. The quantitative estimate of drug-likeness (QED) is 0.758. The fraction of sp³-hybridized carbons (Fsp3) is 0.200. The fourth-order valence-corrected chi connectivity index (χ4v) is 0.670. The maximum atomic E-state index is 11.7. The Hall–Kier alpha value is -1.84. The lowest BCUT2D eigenvalue weighted by atomic mass is 10.1. The van der Waals surface area contributed by atoms with Crippen molar-refractivity contribution in [2.45, 2.75) is 6.85 Å². The molecule has 1 amide bonds. The first-order valence-corrected chi connectivity index (χ1v) is 3.59. The van der Waals surface area contributed by atoms with Crippen molar-refractivity contribution in [2.75, 3.05) is 6.54 Å². The Balaban J connectivity index is 3.44. The molecule has 1 aromatic carbocycles. The van der Waals surface area contributed by atoms with Gasteiger partial charge in [0, 0.05) is 9.68 Å². The van der Waals surface area contributed by atoms with Crippen molar-refractivity contribution in [1.29, 1.82) is 0 Å². The van der Waals surface area contributed by atoms with E-state index in [1.807, 2.05) is 5.32 Å². The molecule has 4 heteroatoms. The number of hydrogen-bond acceptors (Lipinski definition) is 2. The molecule has 0 aromatic heterocycles. The number of aliphatic carboxylic acids is 1. The first kappa shape index (κ1) is 4.13. The summed E-state index contributed by atoms with van der Waals surface area (Å²) >= 11 is 0. The van der Waals surface area contributed by atoms with Gasteiger partial charge in [0.2, 0.25) is 0 Å². The summed E-state index contributed by atoms with van der Waals surface area (Å²) in [5.41, 5.74) is -1.48. The van der Waals surface area contributed by atoms with Crippen LogP contribution >= 0.6 is 0 Å². The molecule has 14 heavy (non-hydrogen) atoms. The van der Waals surface area contributed by atoms with Crippen molar-refractivity contribution in [3.8, 4) is 0 Å². The molecule has 0 fully saturated rings. The summed E-state index contributed by atoms with van der Waals surface area (Å²) in [4.78, 5) is 22.1. The first-order valence-electron chi connectivity index (χ1n) is 7.09. The molecule has 4 nitrogen and oxygen atoms in total. The molecule has 0 aliphatic rings. The highest BCUT2D eigenvalue weighted by atomic mass is 16.4. The Kier molecular flexibility index (Phi) is 1.30. The van der Waals surface area contributed by atoms with Gasteiger partial charge in [0.15, 0.2) is 0 Å². The number of amides is 1. The van der Waals surface area contributed by atoms with Gasteiger partial charge in [-0.15, -0.1) is 0 Å². The summed E-state index contributed by atoms with van der Waals surface area (Å²) in [5, 5.41) is 10.4. The monoisotopic (exact) mass is 200 g/mol. The van der Waals surface area contributed by atoms with Crippen molar-refractivity contribution < 1.29 is 24.3 Å². The molecule has 0 saturated heterocycles. The maximum absolute atomic E-state index is 11.7. The highest BCUT2D eigenvalue weighted by molar-refractivity contribution is 5.95. The smallest absolute Gasteiger partial charge is 0.322 e. The zero-order chi connectivity index (χ0) is 16.5. The minimum absolute atomic E-state index is 0.695. The summed E-state index contributed by atoms with van der Waals surface area (Å²) < 4.78 is 52.1. The van der Waals surface area contributed by atoms with E-state index in [-0.39, 0.29) is 0 Å². The van der Waals surface area contributed by atoms with E-state index in [9.17, 15) is 9.59 Å². The van der Waals surface area contributed by atoms with Crippen LogP contribution in [0, 0.1) is 6.85 Å². The standard InChI is InChI=1S/C10H11NO3/c1-7-2-4-8(5-3-7)10(14)11-6-9(12)13/h2-5H,6H2,1H3,(H,11,14)(H,12,13)/i1D3,2D,3D,4D,5D. The van der Waals surface area contributed by atoms with Gasteiger partial charge in [-0.3, -0.25) is 9.59 Å². The third kappa shape index (κ3) is 2.90. The van der Waals surface area contributed by atoms with Crippen LogP contribution in [0.3, 0.4) is 0 Å². The number of nitrogens with one attached hydrogen (secondary N) is 1. The fourth-order valence-electron chi connectivity index (χ4n) is 0.670. The topological polar surface area (TPSA) is 66.4 Å². The van der Waals surface area contributed by atoms with E-state index >= 15 is 0 Å². The van der Waals surface area contributed by atoms with Crippen LogP contribution in [0.2, 0.25) is 0 Å². The van der Waals surface area contributed by atoms with Crippen molar-refractivity contribution in [1.82, 2.24) is 5.32 Å². The van der Waals surface area contributed by atoms with Crippen LogP contribution < -0.4 is 5.32 Å². The largest absolute Gasteiger partial charge is 0.480 e. The van der Waals surface area contributed by atoms with Gasteiger partial charge in [-0.05, 0) is 18.9 Å². The van der Waals surface area contributed by atoms with Crippen LogP contribution in [0.15, 0.2) is 24.2 Å². The summed E-state index contributed by atoms with van der Waals surface area (Å²) in [6, 6.07) is -3.36. The van der Waals surface area contributed by atoms with Gasteiger partial charge < -0.3 is 10.4 Å². The number of benzene rings is 1. The van der Waals surface area contributed by atoms with Gasteiger partial charge in [0.05, 0.1) is 5.48 Å². The summed E-state index contributed by atoms with van der Waals surface area (Å²) in [5.74, 6) is -2.47. The molecule has 0 unspecified atom stereocenters. The molecule has 74 valence electrons. The molecule has 0 radical (unpaired) electrons. The number of carbonyl (C=O) groups is 2. The third-order valence-corrected chi connectivity index (χ3v) is 1.25. The van der Waals surface area contributed by atoms with E-state index in [4.69, 9.17) is 14.7 Å². The van der Waals surface area contributed by atoms with Crippen molar-refractivity contribution in [3.05, 3.63) is 35.3 Å². The predicted molar refractivity (Wildman–Crippen MR) is 51.1 cm³/mol. The van der Waals surface area contributed by atoms with Crippen molar-refractivity contribution in [3.63, 3.8) is 0 Å². The van der Waals surface area contributed by atoms with Crippen molar-refractivity contribution >= 4 is 11.9 Å². The van der Waals surface area contributed by atoms with Gasteiger partial charge in [0.25, 0.3) is 5.91 Å². The molecule has 0 bridgehead atoms. The van der Waals surface area contributed by atoms with E-state index in [0.29, 0.717) is 0 Å². The minimum Gasteiger partial charge on any atom is -0.480 e. The average molecular weight is 200 g/mol. The molecule has 0 heterocycles. The number of hydrogen-bond donors (Lipinski definition) is 2. The average Bonchev–Trinajstić information content (AvgIpc) is 2.32. The SMILES string of the molecule is [2H]c1c([2H])c(C([2H])([2H])[2H])c([2H])c([2H])c1C(=O)NCC(=O)O. The second kappa shape index (κ2) is 4.41. The van der Waals surface area contributed by atoms with Crippen LogP contribution in [0.4, 0.5) is 0 Å². The maximum Gasteiger partial charge on any atom is 0.322 e. The lowest BCUT2D eigenvalue weighted by molar-refractivity contribution is -0.135. The van der Waals surface area contributed by atoms with Crippen LogP contribution in [0.1, 0.15) is 25.5 Å². The van der Waals surface area contributed by atoms with Gasteiger partial charge in [-0.1, -0.05) is 17.6 Å². The predicted octanol–water partition coefficient (Wildman–Crippen LogP) is 0.809. The van der Waals surface area contributed by atoms with Gasteiger partial charge >= 0.3 is 5.97 Å². The van der Waals surface area contributed by atoms with Gasteiger partial charge in [-0.25, -0.2) is 0 Å². The van der Waals surface area contributed by atoms with Crippen LogP contribution in [0.5, 0.6) is 0 Å². The Morgan fingerprint density at radius 3 is 2.64 bits per heavy atom. The van der Waals surface area contributed by atoms with Crippen LogP contribution in [-0.2, 0) is 4.79 Å². The summed E-state index contributed by atoms with van der Waals surface area (Å²) in [6.07, 6.45) is 0. The first-order chi connectivity index (χ1) is 9.48. The molecule has 2 N–H and O–H groups in total. The zero-order valence-electron chi connectivity index (χ0n) is 14.0. The zero-order valence-corrected chi connectivity index (χ0v) is 6.97. The Bertz CT molecular complexity index is 583. The van der Waals surface area contributed by atoms with Crippen molar-refractivity contribution in [2.24, 2.45) is 0 Å². The minimum atomic E-state index is -2.87. The summed E-state index contributed by atoms with van der Waals surface area (Å²) in [7, 11) is 0. The third-order valence-electron chi connectivity index (χ3n) is 1.25. The van der Waals surface area contributed by atoms with E-state index < -0.39 is 60.6 Å². The highest BCUT2D eigenvalue weighted by Crippen LogP contribution is 2.02. The number of carboxylic acids is 1. The molecule has 0 aliphatic carbocycles. The second-order valence-corrected chi connectivity index (χ2v) is 2.33. The van der Waals surface area contributed by atoms with Crippen LogP contribution in [0.25, 0.3) is 0 Å². The normalized spacial score (nSPS) is 17.6. The van der Waals surface area contributed by atoms with Gasteiger partial charge in [0.1, 0.15) is 6.54 Å². The van der Waals surface area contributed by atoms with Gasteiger partial charge in [-0.2, -0.15) is 0 Å². The lowest BCUT2D eigenvalue weighted by Gasteiger charge is -2.01. The van der Waals surface area contributed by atoms with Crippen LogP contribution in [-0.4, -0.2) is 23.5 Å². The Morgan fingerprint density at radius 1 is 1.50 bits per heavy atom. The molecular formula is C10H11NO3. The molecule has 0 aliphatic heterocycles. The lowest BCUT2D eigenvalue weighted by Crippen LogP contribution is -2.29. The Morgan fingerprint density at radius 2 is 2.14 bits per heavy atom. The molecule has 1 rings (SSSR count). The van der Waals surface area contributed by atoms with E-state index in [1.165, 1.54) is 0 Å². The number of carbonyl (C=O) groups excluding carboxylic acids is 1. The van der Waals surface area contributed by atoms with E-state index in [2.05, 4.69) is 0 Å². The molecule has 0 saturated carbocycles. The molecule has 1 aromatic rings.